The number of alkyl halides is 2. The van der Waals surface area contributed by atoms with Crippen LogP contribution >= 0.6 is 11.3 Å². The van der Waals surface area contributed by atoms with Gasteiger partial charge < -0.3 is 9.84 Å². The lowest BCUT2D eigenvalue weighted by atomic mass is 10.2. The molecule has 0 aliphatic heterocycles. The predicted octanol–water partition coefficient (Wildman–Crippen LogP) is 3.47. The van der Waals surface area contributed by atoms with Crippen LogP contribution in [0.1, 0.15) is 52.2 Å². The minimum absolute atomic E-state index is 0.133. The highest BCUT2D eigenvalue weighted by Crippen LogP contribution is 2.31. The highest BCUT2D eigenvalue weighted by Gasteiger charge is 2.24. The van der Waals surface area contributed by atoms with Crippen molar-refractivity contribution in [3.8, 4) is 16.3 Å². The van der Waals surface area contributed by atoms with Crippen LogP contribution in [0, 0.1) is 13.8 Å². The van der Waals surface area contributed by atoms with Crippen molar-refractivity contribution in [3.63, 3.8) is 0 Å². The Bertz CT molecular complexity index is 1500. The van der Waals surface area contributed by atoms with E-state index in [-0.39, 0.29) is 17.1 Å². The van der Waals surface area contributed by atoms with Crippen LogP contribution in [0.15, 0.2) is 35.1 Å². The average Bonchev–Trinajstić information content (AvgIpc) is 3.59. The zero-order chi connectivity index (χ0) is 24.0. The van der Waals surface area contributed by atoms with Gasteiger partial charge in [0.25, 0.3) is 12.3 Å². The van der Waals surface area contributed by atoms with E-state index in [1.54, 1.807) is 42.0 Å². The van der Waals surface area contributed by atoms with Crippen molar-refractivity contribution < 1.29 is 18.1 Å². The monoisotopic (exact) mass is 485 g/mol. The number of carbonyl (C=O) groups is 1. The molecule has 1 amide bonds. The Morgan fingerprint density at radius 3 is 2.76 bits per heavy atom. The molecule has 5 heterocycles. The molecule has 0 aromatic carbocycles. The van der Waals surface area contributed by atoms with E-state index in [9.17, 15) is 13.6 Å². The van der Waals surface area contributed by atoms with Crippen LogP contribution < -0.4 is 5.32 Å². The summed E-state index contributed by atoms with van der Waals surface area (Å²) < 4.78 is 34.8. The quantitative estimate of drug-likeness (QED) is 0.387. The summed E-state index contributed by atoms with van der Waals surface area (Å²) in [4.78, 5) is 23.7. The van der Waals surface area contributed by atoms with Gasteiger partial charge in [-0.1, -0.05) is 5.16 Å². The Kier molecular flexibility index (Phi) is 5.36. The summed E-state index contributed by atoms with van der Waals surface area (Å²) in [5, 5.41) is 17.0. The maximum Gasteiger partial charge on any atom is 0.299 e. The van der Waals surface area contributed by atoms with Gasteiger partial charge in [0.15, 0.2) is 11.5 Å². The molecule has 1 atom stereocenters. The summed E-state index contributed by atoms with van der Waals surface area (Å²) in [5.41, 5.74) is 1.31. The van der Waals surface area contributed by atoms with Crippen molar-refractivity contribution in [2.75, 3.05) is 0 Å². The second kappa shape index (κ2) is 8.37. The molecule has 5 aromatic rings. The number of carbonyl (C=O) groups excluding carboxylic acids is 1. The van der Waals surface area contributed by atoms with Crippen LogP contribution in [-0.2, 0) is 0 Å². The van der Waals surface area contributed by atoms with Gasteiger partial charge in [-0.2, -0.15) is 9.67 Å². The molecule has 0 aliphatic carbocycles. The molecule has 0 saturated heterocycles. The van der Waals surface area contributed by atoms with E-state index in [1.165, 1.54) is 6.07 Å². The lowest BCUT2D eigenvalue weighted by Crippen LogP contribution is -2.27. The van der Waals surface area contributed by atoms with Crippen LogP contribution in [0.4, 0.5) is 8.78 Å². The molecule has 0 radical (unpaired) electrons. The first-order valence-corrected chi connectivity index (χ1v) is 10.9. The number of aromatic nitrogens is 8. The minimum atomic E-state index is -2.93. The first-order chi connectivity index (χ1) is 16.3. The third kappa shape index (κ3) is 3.81. The topological polar surface area (TPSA) is 129 Å². The Morgan fingerprint density at radius 1 is 1.26 bits per heavy atom. The molecule has 1 unspecified atom stereocenters. The van der Waals surface area contributed by atoms with Gasteiger partial charge in [0, 0.05) is 11.1 Å². The number of hydrogen-bond donors (Lipinski definition) is 1. The third-order valence-electron chi connectivity index (χ3n) is 5.02. The molecule has 0 fully saturated rings. The van der Waals surface area contributed by atoms with Gasteiger partial charge in [0.05, 0.1) is 22.3 Å². The molecule has 5 aromatic heterocycles. The number of rotatable bonds is 6. The van der Waals surface area contributed by atoms with Crippen LogP contribution in [0.25, 0.3) is 21.9 Å². The smallest absolute Gasteiger partial charge is 0.299 e. The average molecular weight is 485 g/mol. The first kappa shape index (κ1) is 21.8. The van der Waals surface area contributed by atoms with Crippen molar-refractivity contribution >= 4 is 22.9 Å². The maximum atomic E-state index is 13.5. The van der Waals surface area contributed by atoms with E-state index in [4.69, 9.17) is 4.52 Å². The van der Waals surface area contributed by atoms with E-state index >= 15 is 0 Å². The van der Waals surface area contributed by atoms with Crippen molar-refractivity contribution in [1.29, 1.82) is 0 Å². The van der Waals surface area contributed by atoms with Crippen LogP contribution in [0.3, 0.4) is 0 Å². The van der Waals surface area contributed by atoms with E-state index in [2.05, 4.69) is 36.0 Å². The Hall–Kier alpha value is -4.07. The molecule has 1 N–H and O–H groups in total. The maximum absolute atomic E-state index is 13.5. The summed E-state index contributed by atoms with van der Waals surface area (Å²) >= 11 is 1.54. The Balaban J connectivity index is 1.64. The summed E-state index contributed by atoms with van der Waals surface area (Å²) in [6.07, 6.45) is 0.272. The molecule has 0 spiro atoms. The fourth-order valence-electron chi connectivity index (χ4n) is 3.44. The Labute approximate surface area is 194 Å². The van der Waals surface area contributed by atoms with Gasteiger partial charge in [0.1, 0.15) is 11.7 Å². The van der Waals surface area contributed by atoms with E-state index in [0.29, 0.717) is 17.2 Å². The molecular weight excluding hydrogens is 468 g/mol. The lowest BCUT2D eigenvalue weighted by molar-refractivity contribution is 0.0932. The van der Waals surface area contributed by atoms with Crippen LogP contribution in [0.2, 0.25) is 0 Å². The number of hydrogen-bond acceptors (Lipinski definition) is 9. The zero-order valence-electron chi connectivity index (χ0n) is 18.1. The Morgan fingerprint density at radius 2 is 2.09 bits per heavy atom. The molecule has 0 aliphatic rings. The van der Waals surface area contributed by atoms with Crippen molar-refractivity contribution in [1.82, 2.24) is 45.0 Å². The van der Waals surface area contributed by atoms with E-state index in [1.807, 2.05) is 19.1 Å². The summed E-state index contributed by atoms with van der Waals surface area (Å²) in [5.74, 6) is -0.469. The first-order valence-electron chi connectivity index (χ1n) is 10.1. The van der Waals surface area contributed by atoms with Gasteiger partial charge in [-0.3, -0.25) is 9.20 Å². The molecule has 11 nitrogen and oxygen atoms in total. The van der Waals surface area contributed by atoms with Crippen molar-refractivity contribution in [3.05, 3.63) is 58.6 Å². The summed E-state index contributed by atoms with van der Waals surface area (Å²) in [6, 6.07) is 4.72. The normalized spacial score (nSPS) is 12.5. The highest BCUT2D eigenvalue weighted by molar-refractivity contribution is 7.15. The fraction of sp³-hybridized carbons (Fsp3) is 0.250. The standard InChI is InChI=1S/C20H17F2N9O2S/c1-9-4-5-15(34-9)14-7-23-17-13(31-18(16(21)22)26-28-29-31)6-12(8-30(14)17)19(32)24-10(2)20-25-11(3)27-33-20/h4-8,10,16H,1-3H3,(H,24,32). The lowest BCUT2D eigenvalue weighted by Gasteiger charge is -2.13. The minimum Gasteiger partial charge on any atom is -0.340 e. The number of pyridine rings is 1. The number of nitrogens with one attached hydrogen (secondary N) is 1. The predicted molar refractivity (Wildman–Crippen MR) is 116 cm³/mol. The van der Waals surface area contributed by atoms with Gasteiger partial charge in [-0.15, -0.1) is 16.4 Å². The molecule has 0 bridgehead atoms. The largest absolute Gasteiger partial charge is 0.340 e. The van der Waals surface area contributed by atoms with E-state index < -0.39 is 24.2 Å². The van der Waals surface area contributed by atoms with Crippen LogP contribution in [0.5, 0.6) is 0 Å². The number of halogens is 2. The molecule has 0 saturated carbocycles. The summed E-state index contributed by atoms with van der Waals surface area (Å²) in [7, 11) is 0. The van der Waals surface area contributed by atoms with Gasteiger partial charge in [0.2, 0.25) is 11.7 Å². The number of aryl methyl sites for hydroxylation is 2. The summed E-state index contributed by atoms with van der Waals surface area (Å²) in [6.45, 7) is 5.33. The van der Waals surface area contributed by atoms with Crippen LogP contribution in [-0.4, -0.2) is 45.6 Å². The van der Waals surface area contributed by atoms with Crippen molar-refractivity contribution in [2.45, 2.75) is 33.2 Å². The fourth-order valence-corrected chi connectivity index (χ4v) is 4.31. The van der Waals surface area contributed by atoms with E-state index in [0.717, 1.165) is 14.4 Å². The van der Waals surface area contributed by atoms with Crippen molar-refractivity contribution in [2.24, 2.45) is 0 Å². The SMILES string of the molecule is Cc1noc(C(C)NC(=O)c2cc(-n3nnnc3C(F)F)c3ncc(-c4ccc(C)s4)n3c2)n1. The van der Waals surface area contributed by atoms with Gasteiger partial charge >= 0.3 is 0 Å². The second-order valence-corrected chi connectivity index (χ2v) is 8.77. The van der Waals surface area contributed by atoms with Gasteiger partial charge in [-0.25, -0.2) is 13.8 Å². The second-order valence-electron chi connectivity index (χ2n) is 7.49. The molecule has 14 heteroatoms. The number of tetrazole rings is 1. The number of imidazole rings is 1. The zero-order valence-corrected chi connectivity index (χ0v) is 18.9. The van der Waals surface area contributed by atoms with Gasteiger partial charge in [-0.05, 0) is 49.4 Å². The molecular formula is C20H17F2N9O2S. The third-order valence-corrected chi connectivity index (χ3v) is 6.04. The number of nitrogens with zero attached hydrogens (tertiary/aromatic N) is 8. The molecule has 174 valence electrons. The highest BCUT2D eigenvalue weighted by atomic mass is 32.1. The number of amides is 1. The number of thiophene rings is 1. The molecule has 5 rings (SSSR count). The number of fused-ring (bicyclic) bond motifs is 1. The molecule has 34 heavy (non-hydrogen) atoms.